The number of furan rings is 1. The molecule has 0 atom stereocenters. The second kappa shape index (κ2) is 6.98. The third-order valence-corrected chi connectivity index (χ3v) is 4.41. The van der Waals surface area contributed by atoms with Crippen LogP contribution in [0.3, 0.4) is 0 Å². The predicted octanol–water partition coefficient (Wildman–Crippen LogP) is 4.56. The quantitative estimate of drug-likeness (QED) is 0.702. The smallest absolute Gasteiger partial charge is 0.416 e. The molecule has 1 saturated heterocycles. The fourth-order valence-electron chi connectivity index (χ4n) is 3.09. The Hall–Kier alpha value is -2.97. The molecule has 0 amide bonds. The zero-order valence-corrected chi connectivity index (χ0v) is 14.3. The van der Waals surface area contributed by atoms with Crippen molar-refractivity contribution in [1.29, 1.82) is 0 Å². The predicted molar refractivity (Wildman–Crippen MR) is 92.2 cm³/mol. The van der Waals surface area contributed by atoms with Crippen molar-refractivity contribution < 1.29 is 22.1 Å². The molecule has 3 heterocycles. The molecule has 1 aliphatic heterocycles. The van der Waals surface area contributed by atoms with Crippen LogP contribution in [0.25, 0.3) is 11.6 Å². The third kappa shape index (κ3) is 3.76. The molecule has 0 unspecified atom stereocenters. The van der Waals surface area contributed by atoms with Gasteiger partial charge in [0.2, 0.25) is 11.7 Å². The summed E-state index contributed by atoms with van der Waals surface area (Å²) in [6.07, 6.45) is -0.862. The Labute approximate surface area is 153 Å². The zero-order chi connectivity index (χ0) is 18.9. The molecule has 1 N–H and O–H groups in total. The largest absolute Gasteiger partial charge is 0.461 e. The van der Waals surface area contributed by atoms with Crippen molar-refractivity contribution in [2.45, 2.75) is 25.6 Å². The van der Waals surface area contributed by atoms with Crippen LogP contribution in [0.1, 0.15) is 24.3 Å². The van der Waals surface area contributed by atoms with Gasteiger partial charge >= 0.3 is 6.18 Å². The van der Waals surface area contributed by atoms with Crippen molar-refractivity contribution in [2.75, 3.05) is 23.3 Å². The number of nitrogens with one attached hydrogen (secondary N) is 1. The Morgan fingerprint density at radius 3 is 2.67 bits per heavy atom. The SMILES string of the molecule is FC(F)(F)c1ccc(N2CCCC2)c(NCc2nc(-c3ccco3)no2)c1. The van der Waals surface area contributed by atoms with Crippen molar-refractivity contribution in [1.82, 2.24) is 10.1 Å². The van der Waals surface area contributed by atoms with Gasteiger partial charge in [-0.3, -0.25) is 0 Å². The average molecular weight is 378 g/mol. The summed E-state index contributed by atoms with van der Waals surface area (Å²) in [6.45, 7) is 1.75. The number of anilines is 2. The van der Waals surface area contributed by atoms with E-state index in [4.69, 9.17) is 8.94 Å². The molecule has 1 aromatic carbocycles. The van der Waals surface area contributed by atoms with Crippen LogP contribution in [-0.2, 0) is 12.7 Å². The van der Waals surface area contributed by atoms with Crippen molar-refractivity contribution in [3.8, 4) is 11.6 Å². The van der Waals surface area contributed by atoms with Gasteiger partial charge in [-0.2, -0.15) is 18.2 Å². The van der Waals surface area contributed by atoms with E-state index in [2.05, 4.69) is 20.4 Å². The van der Waals surface area contributed by atoms with E-state index in [1.807, 2.05) is 0 Å². The molecule has 1 fully saturated rings. The number of aromatic nitrogens is 2. The summed E-state index contributed by atoms with van der Waals surface area (Å²) in [7, 11) is 0. The molecule has 6 nitrogen and oxygen atoms in total. The van der Waals surface area contributed by atoms with Gasteiger partial charge in [0.15, 0.2) is 5.76 Å². The first-order valence-electron chi connectivity index (χ1n) is 8.57. The first kappa shape index (κ1) is 17.4. The minimum Gasteiger partial charge on any atom is -0.461 e. The summed E-state index contributed by atoms with van der Waals surface area (Å²) >= 11 is 0. The second-order valence-electron chi connectivity index (χ2n) is 6.27. The van der Waals surface area contributed by atoms with Gasteiger partial charge in [-0.25, -0.2) is 0 Å². The molecular formula is C18H17F3N4O2. The van der Waals surface area contributed by atoms with E-state index in [1.165, 1.54) is 12.3 Å². The van der Waals surface area contributed by atoms with Gasteiger partial charge in [0.25, 0.3) is 0 Å². The van der Waals surface area contributed by atoms with Gasteiger partial charge in [-0.1, -0.05) is 5.16 Å². The number of halogens is 3. The molecule has 27 heavy (non-hydrogen) atoms. The molecule has 0 bridgehead atoms. The highest BCUT2D eigenvalue weighted by Crippen LogP contribution is 2.36. The highest BCUT2D eigenvalue weighted by Gasteiger charge is 2.31. The molecule has 142 valence electrons. The maximum atomic E-state index is 13.1. The summed E-state index contributed by atoms with van der Waals surface area (Å²) in [4.78, 5) is 6.27. The number of alkyl halides is 3. The molecule has 4 rings (SSSR count). The van der Waals surface area contributed by atoms with Crippen molar-refractivity contribution in [2.24, 2.45) is 0 Å². The van der Waals surface area contributed by atoms with Crippen LogP contribution in [-0.4, -0.2) is 23.2 Å². The number of rotatable bonds is 5. The highest BCUT2D eigenvalue weighted by molar-refractivity contribution is 5.71. The van der Waals surface area contributed by atoms with Gasteiger partial charge in [-0.15, -0.1) is 0 Å². The van der Waals surface area contributed by atoms with Crippen LogP contribution >= 0.6 is 0 Å². The maximum absolute atomic E-state index is 13.1. The lowest BCUT2D eigenvalue weighted by Gasteiger charge is -2.23. The number of hydrogen-bond acceptors (Lipinski definition) is 6. The monoisotopic (exact) mass is 378 g/mol. The minimum atomic E-state index is -4.41. The van der Waals surface area contributed by atoms with E-state index < -0.39 is 11.7 Å². The van der Waals surface area contributed by atoms with E-state index >= 15 is 0 Å². The first-order valence-corrected chi connectivity index (χ1v) is 8.57. The molecule has 3 aromatic rings. The molecule has 9 heteroatoms. The van der Waals surface area contributed by atoms with E-state index in [-0.39, 0.29) is 12.4 Å². The lowest BCUT2D eigenvalue weighted by molar-refractivity contribution is -0.137. The molecule has 0 radical (unpaired) electrons. The number of benzene rings is 1. The second-order valence-corrected chi connectivity index (χ2v) is 6.27. The molecule has 2 aromatic heterocycles. The Balaban J connectivity index is 1.56. The lowest BCUT2D eigenvalue weighted by atomic mass is 10.1. The minimum absolute atomic E-state index is 0.107. The van der Waals surface area contributed by atoms with Gasteiger partial charge in [-0.05, 0) is 43.2 Å². The van der Waals surface area contributed by atoms with Crippen LogP contribution in [0, 0.1) is 0 Å². The summed E-state index contributed by atoms with van der Waals surface area (Å²) in [6, 6.07) is 7.14. The van der Waals surface area contributed by atoms with Crippen LogP contribution in [0.2, 0.25) is 0 Å². The first-order chi connectivity index (χ1) is 13.0. The van der Waals surface area contributed by atoms with Gasteiger partial charge in [0.1, 0.15) is 0 Å². The standard InChI is InChI=1S/C18H17F3N4O2/c19-18(20,21)12-5-6-14(25-7-1-2-8-25)13(10-12)22-11-16-23-17(24-27-16)15-4-3-9-26-15/h3-6,9-10,22H,1-2,7-8,11H2. The van der Waals surface area contributed by atoms with Gasteiger partial charge in [0, 0.05) is 13.1 Å². The van der Waals surface area contributed by atoms with Crippen molar-refractivity contribution >= 4 is 11.4 Å². The van der Waals surface area contributed by atoms with E-state index in [0.29, 0.717) is 17.3 Å². The molecule has 0 saturated carbocycles. The summed E-state index contributed by atoms with van der Waals surface area (Å²) in [5, 5.41) is 6.83. The average Bonchev–Trinajstić information content (AvgIpc) is 3.41. The van der Waals surface area contributed by atoms with Crippen molar-refractivity contribution in [3.05, 3.63) is 48.0 Å². The van der Waals surface area contributed by atoms with Gasteiger partial charge in [0.05, 0.1) is 29.7 Å². The Bertz CT molecular complexity index is 900. The molecule has 1 aliphatic rings. The van der Waals surface area contributed by atoms with Crippen LogP contribution in [0.4, 0.5) is 24.5 Å². The topological polar surface area (TPSA) is 67.3 Å². The normalized spacial score (nSPS) is 14.7. The Kier molecular flexibility index (Phi) is 4.51. The summed E-state index contributed by atoms with van der Waals surface area (Å²) in [5.74, 6) is 1.01. The lowest BCUT2D eigenvalue weighted by Crippen LogP contribution is -2.20. The Morgan fingerprint density at radius 1 is 1.15 bits per heavy atom. The number of nitrogens with zero attached hydrogens (tertiary/aromatic N) is 3. The van der Waals surface area contributed by atoms with E-state index in [9.17, 15) is 13.2 Å². The number of hydrogen-bond donors (Lipinski definition) is 1. The molecule has 0 aliphatic carbocycles. The zero-order valence-electron chi connectivity index (χ0n) is 14.3. The summed E-state index contributed by atoms with van der Waals surface area (Å²) in [5.41, 5.74) is 0.436. The van der Waals surface area contributed by atoms with Crippen molar-refractivity contribution in [3.63, 3.8) is 0 Å². The fourth-order valence-corrected chi connectivity index (χ4v) is 3.09. The molecular weight excluding hydrogens is 361 g/mol. The summed E-state index contributed by atoms with van der Waals surface area (Å²) < 4.78 is 49.7. The van der Waals surface area contributed by atoms with Crippen LogP contribution < -0.4 is 10.2 Å². The fraction of sp³-hybridized carbons (Fsp3) is 0.333. The van der Waals surface area contributed by atoms with Crippen LogP contribution in [0.15, 0.2) is 45.5 Å². The van der Waals surface area contributed by atoms with E-state index in [1.54, 1.807) is 12.1 Å². The van der Waals surface area contributed by atoms with Crippen LogP contribution in [0.5, 0.6) is 0 Å². The third-order valence-electron chi connectivity index (χ3n) is 4.41. The highest BCUT2D eigenvalue weighted by atomic mass is 19.4. The Morgan fingerprint density at radius 2 is 1.96 bits per heavy atom. The maximum Gasteiger partial charge on any atom is 0.416 e. The van der Waals surface area contributed by atoms with E-state index in [0.717, 1.165) is 43.8 Å². The van der Waals surface area contributed by atoms with Gasteiger partial charge < -0.3 is 19.2 Å². The molecule has 0 spiro atoms.